The van der Waals surface area contributed by atoms with Crippen molar-refractivity contribution in [1.82, 2.24) is 20.3 Å². The van der Waals surface area contributed by atoms with Gasteiger partial charge in [-0.05, 0) is 19.4 Å². The quantitative estimate of drug-likeness (QED) is 0.784. The molecule has 1 fully saturated rings. The Hall–Kier alpha value is -1.85. The number of benzene rings is 1. The van der Waals surface area contributed by atoms with Crippen molar-refractivity contribution in [1.29, 1.82) is 0 Å². The second kappa shape index (κ2) is 4.92. The van der Waals surface area contributed by atoms with Crippen molar-refractivity contribution in [3.05, 3.63) is 41.7 Å². The second-order valence-electron chi connectivity index (χ2n) is 4.94. The van der Waals surface area contributed by atoms with Crippen LogP contribution in [0.2, 0.25) is 0 Å². The van der Waals surface area contributed by atoms with Crippen LogP contribution in [0.5, 0.6) is 0 Å². The highest BCUT2D eigenvalue weighted by molar-refractivity contribution is 7.18. The van der Waals surface area contributed by atoms with Crippen molar-refractivity contribution < 1.29 is 0 Å². The van der Waals surface area contributed by atoms with Gasteiger partial charge in [-0.25, -0.2) is 15.0 Å². The zero-order valence-corrected chi connectivity index (χ0v) is 11.7. The lowest BCUT2D eigenvalue weighted by Gasteiger charge is -2.04. The van der Waals surface area contributed by atoms with Crippen molar-refractivity contribution in [2.24, 2.45) is 0 Å². The molecule has 1 atom stereocenters. The number of hydrogen-bond donors (Lipinski definition) is 1. The zero-order valence-electron chi connectivity index (χ0n) is 10.9. The van der Waals surface area contributed by atoms with E-state index in [1.807, 2.05) is 18.2 Å². The Labute approximate surface area is 120 Å². The highest BCUT2D eigenvalue weighted by atomic mass is 32.1. The molecule has 3 heterocycles. The van der Waals surface area contributed by atoms with Gasteiger partial charge in [-0.1, -0.05) is 41.7 Å². The van der Waals surface area contributed by atoms with Crippen molar-refractivity contribution >= 4 is 21.7 Å². The van der Waals surface area contributed by atoms with Crippen LogP contribution in [0, 0.1) is 0 Å². The van der Waals surface area contributed by atoms with E-state index in [0.717, 1.165) is 39.6 Å². The molecule has 2 aromatic heterocycles. The number of aromatic nitrogens is 3. The number of rotatable bonds is 2. The average Bonchev–Trinajstić information content (AvgIpc) is 3.16. The predicted molar refractivity (Wildman–Crippen MR) is 80.6 cm³/mol. The van der Waals surface area contributed by atoms with Gasteiger partial charge in [0.2, 0.25) is 0 Å². The molecule has 0 radical (unpaired) electrons. The van der Waals surface area contributed by atoms with Gasteiger partial charge in [-0.15, -0.1) is 0 Å². The molecule has 20 heavy (non-hydrogen) atoms. The zero-order chi connectivity index (χ0) is 13.4. The highest BCUT2D eigenvalue weighted by Gasteiger charge is 2.21. The van der Waals surface area contributed by atoms with Gasteiger partial charge >= 0.3 is 0 Å². The minimum atomic E-state index is 0.387. The molecule has 0 unspecified atom stereocenters. The van der Waals surface area contributed by atoms with Gasteiger partial charge < -0.3 is 5.32 Å². The molecule has 1 aliphatic heterocycles. The third-order valence-corrected chi connectivity index (χ3v) is 4.69. The van der Waals surface area contributed by atoms with Gasteiger partial charge in [-0.2, -0.15) is 0 Å². The summed E-state index contributed by atoms with van der Waals surface area (Å²) in [5.41, 5.74) is 2.94. The van der Waals surface area contributed by atoms with Gasteiger partial charge in [0, 0.05) is 5.56 Å². The summed E-state index contributed by atoms with van der Waals surface area (Å²) in [6.45, 7) is 1.08. The summed E-state index contributed by atoms with van der Waals surface area (Å²) < 4.78 is 0. The Morgan fingerprint density at radius 1 is 1.15 bits per heavy atom. The van der Waals surface area contributed by atoms with E-state index in [1.165, 1.54) is 6.42 Å². The van der Waals surface area contributed by atoms with Gasteiger partial charge in [-0.3, -0.25) is 0 Å². The molecule has 1 aromatic carbocycles. The Morgan fingerprint density at radius 3 is 2.85 bits per heavy atom. The summed E-state index contributed by atoms with van der Waals surface area (Å²) in [5.74, 6) is 0. The van der Waals surface area contributed by atoms with Gasteiger partial charge in [0.1, 0.15) is 27.4 Å². The predicted octanol–water partition coefficient (Wildman–Crippen LogP) is 3.18. The SMILES string of the molecule is c1ccc(-c2ncnc3sc([C@@H]4CCCN4)nc23)cc1. The van der Waals surface area contributed by atoms with Crippen LogP contribution < -0.4 is 5.32 Å². The molecule has 4 rings (SSSR count). The molecule has 1 aliphatic rings. The minimum Gasteiger partial charge on any atom is -0.308 e. The maximum Gasteiger partial charge on any atom is 0.147 e. The van der Waals surface area contributed by atoms with Crippen LogP contribution in [-0.2, 0) is 0 Å². The van der Waals surface area contributed by atoms with E-state index in [4.69, 9.17) is 4.98 Å². The van der Waals surface area contributed by atoms with E-state index < -0.39 is 0 Å². The van der Waals surface area contributed by atoms with Crippen molar-refractivity contribution in [3.8, 4) is 11.3 Å². The third-order valence-electron chi connectivity index (χ3n) is 3.62. The summed E-state index contributed by atoms with van der Waals surface area (Å²) in [6, 6.07) is 10.6. The maximum atomic E-state index is 4.80. The Bertz CT molecular complexity index is 732. The Kier molecular flexibility index (Phi) is 2.94. The molecule has 1 N–H and O–H groups in total. The minimum absolute atomic E-state index is 0.387. The molecule has 0 spiro atoms. The molecule has 0 bridgehead atoms. The first-order valence-corrected chi connectivity index (χ1v) is 7.64. The summed E-state index contributed by atoms with van der Waals surface area (Å²) in [5, 5.41) is 4.63. The number of nitrogens with zero attached hydrogens (tertiary/aromatic N) is 3. The largest absolute Gasteiger partial charge is 0.308 e. The standard InChI is InChI=1S/C15H14N4S/c1-2-5-10(6-3-1)12-13-15(18-9-17-12)20-14(19-13)11-7-4-8-16-11/h1-3,5-6,9,11,16H,4,7-8H2/t11-/m0/s1. The molecule has 3 aromatic rings. The normalized spacial score (nSPS) is 18.7. The summed E-state index contributed by atoms with van der Waals surface area (Å²) in [7, 11) is 0. The fourth-order valence-corrected chi connectivity index (χ4v) is 3.64. The number of hydrogen-bond acceptors (Lipinski definition) is 5. The number of thiazole rings is 1. The number of fused-ring (bicyclic) bond motifs is 1. The van der Waals surface area contributed by atoms with Crippen molar-refractivity contribution in [2.75, 3.05) is 6.54 Å². The topological polar surface area (TPSA) is 50.7 Å². The van der Waals surface area contributed by atoms with Crippen molar-refractivity contribution in [3.63, 3.8) is 0 Å². The van der Waals surface area contributed by atoms with Crippen molar-refractivity contribution in [2.45, 2.75) is 18.9 Å². The van der Waals surface area contributed by atoms with Gasteiger partial charge in [0.25, 0.3) is 0 Å². The summed E-state index contributed by atoms with van der Waals surface area (Å²) in [6.07, 6.45) is 4.01. The van der Waals surface area contributed by atoms with Crippen LogP contribution in [0.15, 0.2) is 36.7 Å². The Balaban J connectivity index is 1.85. The molecule has 0 aliphatic carbocycles. The first-order valence-electron chi connectivity index (χ1n) is 6.82. The summed E-state index contributed by atoms with van der Waals surface area (Å²) >= 11 is 1.68. The van der Waals surface area contributed by atoms with Crippen LogP contribution in [0.4, 0.5) is 0 Å². The maximum absolute atomic E-state index is 4.80. The van der Waals surface area contributed by atoms with E-state index in [0.29, 0.717) is 6.04 Å². The van der Waals surface area contributed by atoms with E-state index in [1.54, 1.807) is 17.7 Å². The molecule has 100 valence electrons. The lowest BCUT2D eigenvalue weighted by molar-refractivity contribution is 0.644. The molecule has 1 saturated heterocycles. The number of nitrogens with one attached hydrogen (secondary N) is 1. The third kappa shape index (κ3) is 1.99. The lowest BCUT2D eigenvalue weighted by Crippen LogP contribution is -2.12. The van der Waals surface area contributed by atoms with Crippen LogP contribution in [0.1, 0.15) is 23.9 Å². The van der Waals surface area contributed by atoms with Crippen LogP contribution in [-0.4, -0.2) is 21.5 Å². The van der Waals surface area contributed by atoms with E-state index in [2.05, 4.69) is 27.4 Å². The second-order valence-corrected chi connectivity index (χ2v) is 5.95. The molecule has 0 saturated carbocycles. The van der Waals surface area contributed by atoms with Crippen LogP contribution in [0.3, 0.4) is 0 Å². The van der Waals surface area contributed by atoms with Crippen LogP contribution >= 0.6 is 11.3 Å². The smallest absolute Gasteiger partial charge is 0.147 e. The Morgan fingerprint density at radius 2 is 2.05 bits per heavy atom. The molecule has 0 amide bonds. The monoisotopic (exact) mass is 282 g/mol. The fourth-order valence-electron chi connectivity index (χ4n) is 2.62. The first kappa shape index (κ1) is 11.9. The summed E-state index contributed by atoms with van der Waals surface area (Å²) in [4.78, 5) is 14.6. The fraction of sp³-hybridized carbons (Fsp3) is 0.267. The highest BCUT2D eigenvalue weighted by Crippen LogP contribution is 2.33. The molecule has 5 heteroatoms. The van der Waals surface area contributed by atoms with Crippen LogP contribution in [0.25, 0.3) is 21.6 Å². The first-order chi connectivity index (χ1) is 9.92. The van der Waals surface area contributed by atoms with E-state index >= 15 is 0 Å². The molecular formula is C15H14N4S. The average molecular weight is 282 g/mol. The van der Waals surface area contributed by atoms with Gasteiger partial charge in [0.15, 0.2) is 0 Å². The molecular weight excluding hydrogens is 268 g/mol. The van der Waals surface area contributed by atoms with Gasteiger partial charge in [0.05, 0.1) is 6.04 Å². The molecule has 4 nitrogen and oxygen atoms in total. The van der Waals surface area contributed by atoms with E-state index in [-0.39, 0.29) is 0 Å². The lowest BCUT2D eigenvalue weighted by atomic mass is 10.1. The van der Waals surface area contributed by atoms with E-state index in [9.17, 15) is 0 Å².